The molecule has 252 valence electrons. The number of alkyl halides is 1. The minimum absolute atomic E-state index is 0.0103. The predicted molar refractivity (Wildman–Crippen MR) is 169 cm³/mol. The number of rotatable bonds is 5. The molecule has 2 N–H and O–H groups in total. The second-order valence-electron chi connectivity index (χ2n) is 14.8. The van der Waals surface area contributed by atoms with E-state index in [4.69, 9.17) is 9.47 Å². The highest BCUT2D eigenvalue weighted by Gasteiger charge is 2.65. The Morgan fingerprint density at radius 2 is 1.94 bits per heavy atom. The first-order valence-electron chi connectivity index (χ1n) is 16.5. The molecule has 4 amide bonds. The van der Waals surface area contributed by atoms with Gasteiger partial charge in [0, 0.05) is 19.2 Å². The van der Waals surface area contributed by atoms with Gasteiger partial charge in [0.1, 0.15) is 30.9 Å². The lowest BCUT2D eigenvalue weighted by atomic mass is 9.77. The molecular formula is C35H39FN6O6. The van der Waals surface area contributed by atoms with Crippen LogP contribution in [-0.2, 0) is 25.7 Å². The van der Waals surface area contributed by atoms with E-state index in [0.29, 0.717) is 18.6 Å². The van der Waals surface area contributed by atoms with Crippen LogP contribution in [0.2, 0.25) is 0 Å². The molecule has 1 aromatic carbocycles. The van der Waals surface area contributed by atoms with Crippen molar-refractivity contribution < 1.29 is 33.0 Å². The van der Waals surface area contributed by atoms with Crippen LogP contribution in [0.5, 0.6) is 5.75 Å². The second-order valence-corrected chi connectivity index (χ2v) is 14.8. The molecule has 4 heterocycles. The Morgan fingerprint density at radius 3 is 2.67 bits per heavy atom. The van der Waals surface area contributed by atoms with Crippen LogP contribution in [0.1, 0.15) is 45.6 Å². The average Bonchev–Trinajstić information content (AvgIpc) is 3.82. The third kappa shape index (κ3) is 5.31. The number of nitriles is 1. The van der Waals surface area contributed by atoms with Crippen molar-refractivity contribution >= 4 is 29.6 Å². The number of pyridine rings is 1. The van der Waals surface area contributed by atoms with E-state index in [-0.39, 0.29) is 43.8 Å². The average molecular weight is 659 g/mol. The topological polar surface area (TPSA) is 154 Å². The molecule has 2 saturated heterocycles. The van der Waals surface area contributed by atoms with Gasteiger partial charge in [0.25, 0.3) is 5.91 Å². The zero-order valence-electron chi connectivity index (χ0n) is 27.1. The number of fused-ring (bicyclic) bond motifs is 6. The summed E-state index contributed by atoms with van der Waals surface area (Å²) < 4.78 is 26.9. The molecule has 4 fully saturated rings. The van der Waals surface area contributed by atoms with Gasteiger partial charge >= 0.3 is 6.09 Å². The molecule has 1 aromatic heterocycles. The van der Waals surface area contributed by atoms with Crippen molar-refractivity contribution in [2.75, 3.05) is 18.4 Å². The zero-order valence-corrected chi connectivity index (χ0v) is 27.1. The Balaban J connectivity index is 1.17. The van der Waals surface area contributed by atoms with E-state index in [2.05, 4.69) is 21.7 Å². The van der Waals surface area contributed by atoms with E-state index in [0.717, 1.165) is 5.56 Å². The fraction of sp³-hybridized carbons (Fsp3) is 0.543. The number of carbonyl (C=O) groups excluding carboxylic acids is 4. The highest BCUT2D eigenvalue weighted by atomic mass is 19.1. The Kier molecular flexibility index (Phi) is 7.80. The third-order valence-corrected chi connectivity index (χ3v) is 10.9. The lowest BCUT2D eigenvalue weighted by Gasteiger charge is -2.38. The maximum atomic E-state index is 15.3. The molecule has 7 rings (SSSR count). The van der Waals surface area contributed by atoms with E-state index < -0.39 is 71.0 Å². The van der Waals surface area contributed by atoms with Crippen LogP contribution in [0.4, 0.5) is 15.0 Å². The summed E-state index contributed by atoms with van der Waals surface area (Å²) in [4.78, 5) is 62.6. The number of likely N-dealkylation sites (tertiary alicyclic amines) is 2. The molecule has 12 nitrogen and oxygen atoms in total. The molecule has 5 aliphatic rings. The lowest BCUT2D eigenvalue weighted by Crippen LogP contribution is -2.60. The number of nitrogens with zero attached hydrogens (tertiary/aromatic N) is 4. The van der Waals surface area contributed by atoms with Crippen LogP contribution >= 0.6 is 0 Å². The van der Waals surface area contributed by atoms with Crippen molar-refractivity contribution in [1.82, 2.24) is 20.1 Å². The van der Waals surface area contributed by atoms with Gasteiger partial charge < -0.3 is 29.9 Å². The standard InChI is InChI=1S/C35H39FN6O6/c1-34(2,3)28(39-33(46)47-17-19-8-5-4-6-9-19)31(44)41-16-23-20-12-22(24(36)13-20)26(23)27(41)30(43)42-18-35(14-21(42)15-37)32(45)40-29-25(48-35)10-7-11-38-29/h4-11,20-24,26-28H,12-14,16-18H2,1-3H3,(H,39,46)(H,38,40,45). The SMILES string of the molecule is CC(C)(C)C(NC(=O)OCc1ccccc1)C(=O)N1CC2C3CC(F)C(C3)C2C1C(=O)N1CC2(CC1C#N)Oc1cccnc1NC2=O. The summed E-state index contributed by atoms with van der Waals surface area (Å²) in [6.07, 6.45) is 0.578. The molecule has 2 aliphatic carbocycles. The molecule has 1 spiro atoms. The summed E-state index contributed by atoms with van der Waals surface area (Å²) in [5.74, 6) is -1.88. The lowest BCUT2D eigenvalue weighted by molar-refractivity contribution is -0.149. The molecule has 2 aromatic rings. The summed E-state index contributed by atoms with van der Waals surface area (Å²) in [7, 11) is 0. The number of alkyl carbamates (subject to hydrolysis) is 1. The number of ether oxygens (including phenoxy) is 2. The largest absolute Gasteiger partial charge is 0.472 e. The van der Waals surface area contributed by atoms with Crippen molar-refractivity contribution in [2.24, 2.45) is 29.1 Å². The smallest absolute Gasteiger partial charge is 0.408 e. The van der Waals surface area contributed by atoms with Crippen LogP contribution in [0, 0.1) is 40.4 Å². The van der Waals surface area contributed by atoms with E-state index in [1.165, 1.54) is 16.0 Å². The van der Waals surface area contributed by atoms with Crippen LogP contribution in [-0.4, -0.2) is 81.6 Å². The first-order valence-corrected chi connectivity index (χ1v) is 16.5. The van der Waals surface area contributed by atoms with Crippen molar-refractivity contribution in [3.63, 3.8) is 0 Å². The molecule has 2 bridgehead atoms. The van der Waals surface area contributed by atoms with Gasteiger partial charge in [0.05, 0.1) is 12.6 Å². The number of benzene rings is 1. The van der Waals surface area contributed by atoms with Crippen LogP contribution in [0.25, 0.3) is 0 Å². The Hall–Kier alpha value is -4.73. The summed E-state index contributed by atoms with van der Waals surface area (Å²) >= 11 is 0. The fourth-order valence-corrected chi connectivity index (χ4v) is 8.62. The van der Waals surface area contributed by atoms with Crippen molar-refractivity contribution in [3.05, 3.63) is 54.2 Å². The van der Waals surface area contributed by atoms with E-state index in [1.54, 1.807) is 12.1 Å². The molecule has 0 radical (unpaired) electrons. The number of nitrogens with one attached hydrogen (secondary N) is 2. The number of carbonyl (C=O) groups is 4. The van der Waals surface area contributed by atoms with Crippen molar-refractivity contribution in [1.29, 1.82) is 5.26 Å². The maximum absolute atomic E-state index is 15.3. The minimum Gasteiger partial charge on any atom is -0.472 e. The number of amides is 4. The normalized spacial score (nSPS) is 32.1. The molecule has 13 heteroatoms. The van der Waals surface area contributed by atoms with E-state index in [9.17, 15) is 24.4 Å². The molecule has 48 heavy (non-hydrogen) atoms. The molecule has 2 saturated carbocycles. The number of hydrogen-bond acceptors (Lipinski definition) is 8. The summed E-state index contributed by atoms with van der Waals surface area (Å²) in [6.45, 7) is 5.45. The van der Waals surface area contributed by atoms with Gasteiger partial charge in [-0.1, -0.05) is 51.1 Å². The Morgan fingerprint density at radius 1 is 1.17 bits per heavy atom. The second kappa shape index (κ2) is 11.8. The summed E-state index contributed by atoms with van der Waals surface area (Å²) in [6, 6.07) is 11.5. The van der Waals surface area contributed by atoms with Gasteiger partial charge in [-0.05, 0) is 59.6 Å². The third-order valence-electron chi connectivity index (χ3n) is 10.9. The maximum Gasteiger partial charge on any atom is 0.408 e. The van der Waals surface area contributed by atoms with E-state index in [1.807, 2.05) is 51.1 Å². The van der Waals surface area contributed by atoms with Crippen LogP contribution < -0.4 is 15.4 Å². The van der Waals surface area contributed by atoms with Crippen LogP contribution in [0.3, 0.4) is 0 Å². The van der Waals surface area contributed by atoms with E-state index >= 15 is 4.39 Å². The minimum atomic E-state index is -1.53. The van der Waals surface area contributed by atoms with Crippen LogP contribution in [0.15, 0.2) is 48.7 Å². The summed E-state index contributed by atoms with van der Waals surface area (Å²) in [5.41, 5.74) is -1.53. The first kappa shape index (κ1) is 31.8. The monoisotopic (exact) mass is 658 g/mol. The highest BCUT2D eigenvalue weighted by molar-refractivity contribution is 6.01. The van der Waals surface area contributed by atoms with Gasteiger partial charge in [-0.3, -0.25) is 14.4 Å². The number of anilines is 1. The highest BCUT2D eigenvalue weighted by Crippen LogP contribution is 2.59. The molecule has 9 unspecified atom stereocenters. The summed E-state index contributed by atoms with van der Waals surface area (Å²) in [5, 5.41) is 15.7. The Bertz CT molecular complexity index is 1680. The van der Waals surface area contributed by atoms with Crippen molar-refractivity contribution in [3.8, 4) is 11.8 Å². The predicted octanol–water partition coefficient (Wildman–Crippen LogP) is 3.44. The quantitative estimate of drug-likeness (QED) is 0.496. The van der Waals surface area contributed by atoms with Crippen molar-refractivity contribution in [2.45, 2.75) is 76.5 Å². The molecule has 9 atom stereocenters. The number of hydrogen-bond donors (Lipinski definition) is 2. The number of aromatic nitrogens is 1. The number of halogens is 1. The first-order chi connectivity index (χ1) is 22.9. The zero-order chi connectivity index (χ0) is 34.0. The van der Waals surface area contributed by atoms with Gasteiger partial charge in [0.15, 0.2) is 11.6 Å². The van der Waals surface area contributed by atoms with Gasteiger partial charge in [0.2, 0.25) is 17.4 Å². The fourth-order valence-electron chi connectivity index (χ4n) is 8.62. The van der Waals surface area contributed by atoms with Gasteiger partial charge in [-0.25, -0.2) is 14.2 Å². The van der Waals surface area contributed by atoms with Gasteiger partial charge in [-0.15, -0.1) is 0 Å². The molecule has 3 aliphatic heterocycles. The Labute approximate surface area is 277 Å². The van der Waals surface area contributed by atoms with Gasteiger partial charge in [-0.2, -0.15) is 5.26 Å². The molecular weight excluding hydrogens is 619 g/mol.